The first-order chi connectivity index (χ1) is 6.59. The van der Waals surface area contributed by atoms with Gasteiger partial charge in [-0.2, -0.15) is 8.42 Å². The average molecular weight is 231 g/mol. The molecule has 1 radical (unpaired) electrons. The van der Waals surface area contributed by atoms with Gasteiger partial charge in [0.25, 0.3) is 10.1 Å². The number of hydrogen-bond acceptors (Lipinski definition) is 2. The van der Waals surface area contributed by atoms with E-state index >= 15 is 0 Å². The van der Waals surface area contributed by atoms with Crippen LogP contribution in [-0.4, -0.2) is 42.5 Å². The second-order valence-corrected chi connectivity index (χ2v) is 4.34. The largest absolute Gasteiger partial charge is 0.295 e. The molecule has 0 saturated carbocycles. The van der Waals surface area contributed by atoms with Crippen LogP contribution in [0.15, 0.2) is 47.4 Å². The van der Waals surface area contributed by atoms with E-state index in [1.807, 2.05) is 6.07 Å². The Kier molecular flexibility index (Phi) is 3.92. The maximum atomic E-state index is 11.0. The summed E-state index contributed by atoms with van der Waals surface area (Å²) in [4.78, 5) is -0.0382. The summed E-state index contributed by atoms with van der Waals surface area (Å²) in [5.41, 5.74) is 1.33. The van der Waals surface area contributed by atoms with Crippen LogP contribution >= 0.6 is 0 Å². The van der Waals surface area contributed by atoms with Crippen molar-refractivity contribution in [1.82, 2.24) is 0 Å². The van der Waals surface area contributed by atoms with Gasteiger partial charge in [-0.3, -0.25) is 4.55 Å². The quantitative estimate of drug-likeness (QED) is 0.599. The Morgan fingerprint density at radius 2 is 1.60 bits per heavy atom. The summed E-state index contributed by atoms with van der Waals surface area (Å²) in [5, 5.41) is 0. The zero-order chi connectivity index (χ0) is 10.2. The number of fused-ring (bicyclic) bond motifs is 1. The molecule has 0 aromatic rings. The Morgan fingerprint density at radius 1 is 0.933 bits per heavy atom. The van der Waals surface area contributed by atoms with E-state index in [-0.39, 0.29) is 34.5 Å². The topological polar surface area (TPSA) is 54.4 Å². The first-order valence-corrected chi connectivity index (χ1v) is 5.48. The van der Waals surface area contributed by atoms with Crippen molar-refractivity contribution >= 4 is 39.7 Å². The predicted octanol–water partition coefficient (Wildman–Crippen LogP) is 1.66. The molecule has 2 aliphatic carbocycles. The third-order valence-corrected chi connectivity index (χ3v) is 2.94. The third kappa shape index (κ3) is 2.59. The molecule has 0 bridgehead atoms. The molecule has 0 aromatic carbocycles. The Hall–Kier alpha value is -0.390. The van der Waals surface area contributed by atoms with E-state index in [1.54, 1.807) is 30.3 Å². The molecule has 73 valence electrons. The maximum absolute atomic E-state index is 11.0. The minimum atomic E-state index is -4.12. The van der Waals surface area contributed by atoms with Crippen LogP contribution in [0.2, 0.25) is 0 Å². The molecule has 5 heteroatoms. The summed E-state index contributed by atoms with van der Waals surface area (Å²) in [6.07, 6.45) is 0. The van der Waals surface area contributed by atoms with Crippen LogP contribution in [0.4, 0.5) is 0 Å². The first-order valence-electron chi connectivity index (χ1n) is 4.04. The fraction of sp³-hybridized carbons (Fsp3) is 0. The monoisotopic (exact) mass is 231 g/mol. The van der Waals surface area contributed by atoms with E-state index in [2.05, 4.69) is 0 Å². The molecule has 0 aliphatic heterocycles. The van der Waals surface area contributed by atoms with Crippen molar-refractivity contribution in [1.29, 1.82) is 0 Å². The van der Waals surface area contributed by atoms with Crippen molar-refractivity contribution < 1.29 is 13.0 Å². The molecular formula is C10H8NaO3S. The fourth-order valence-corrected chi connectivity index (χ4v) is 2.11. The second kappa shape index (κ2) is 4.63. The predicted molar refractivity (Wildman–Crippen MR) is 58.6 cm³/mol. The molecule has 0 saturated heterocycles. The van der Waals surface area contributed by atoms with Gasteiger partial charge in [0.1, 0.15) is 4.90 Å². The zero-order valence-corrected chi connectivity index (χ0v) is 11.0. The number of rotatable bonds is 1. The molecule has 0 unspecified atom stereocenters. The van der Waals surface area contributed by atoms with Crippen LogP contribution < -0.4 is 0 Å². The van der Waals surface area contributed by atoms with E-state index < -0.39 is 10.1 Å². The van der Waals surface area contributed by atoms with Gasteiger partial charge in [0.2, 0.25) is 0 Å². The second-order valence-electron chi connectivity index (χ2n) is 2.95. The molecule has 0 heterocycles. The van der Waals surface area contributed by atoms with Gasteiger partial charge in [0.15, 0.2) is 0 Å². The van der Waals surface area contributed by atoms with Crippen LogP contribution in [0.25, 0.3) is 11.1 Å². The van der Waals surface area contributed by atoms with Crippen LogP contribution in [0.5, 0.6) is 0 Å². The standard InChI is InChI=1S/C10H8O3S.Na/c11-14(12,13)10-7-6-8-4-2-1-3-5-9(8)10;/h1-7H,(H,11,12,13);. The molecule has 0 atom stereocenters. The van der Waals surface area contributed by atoms with Crippen LogP contribution in [0.3, 0.4) is 0 Å². The molecule has 15 heavy (non-hydrogen) atoms. The summed E-state index contributed by atoms with van der Waals surface area (Å²) < 4.78 is 30.9. The summed E-state index contributed by atoms with van der Waals surface area (Å²) >= 11 is 0. The maximum Gasteiger partial charge on any atom is 0.295 e. The molecule has 2 aliphatic rings. The summed E-state index contributed by atoms with van der Waals surface area (Å²) in [6, 6.07) is 11.9. The van der Waals surface area contributed by atoms with Crippen molar-refractivity contribution in [2.24, 2.45) is 0 Å². The van der Waals surface area contributed by atoms with Crippen molar-refractivity contribution in [3.8, 4) is 11.1 Å². The molecule has 0 spiro atoms. The van der Waals surface area contributed by atoms with Crippen molar-refractivity contribution in [3.63, 3.8) is 0 Å². The van der Waals surface area contributed by atoms with Gasteiger partial charge in [-0.05, 0) is 11.6 Å². The van der Waals surface area contributed by atoms with Gasteiger partial charge in [0, 0.05) is 35.1 Å². The van der Waals surface area contributed by atoms with E-state index in [0.29, 0.717) is 5.56 Å². The number of hydrogen-bond donors (Lipinski definition) is 1. The van der Waals surface area contributed by atoms with Crippen LogP contribution in [0.1, 0.15) is 0 Å². The summed E-state index contributed by atoms with van der Waals surface area (Å²) in [6.45, 7) is 0. The Balaban J connectivity index is 0.00000112. The minimum absolute atomic E-state index is 0. The molecule has 0 aromatic heterocycles. The van der Waals surface area contributed by atoms with Crippen molar-refractivity contribution in [2.45, 2.75) is 4.90 Å². The van der Waals surface area contributed by atoms with Crippen LogP contribution in [0, 0.1) is 0 Å². The van der Waals surface area contributed by atoms with Gasteiger partial charge in [-0.15, -0.1) is 0 Å². The fourth-order valence-electron chi connectivity index (χ4n) is 1.41. The molecule has 2 rings (SSSR count). The molecular weight excluding hydrogens is 223 g/mol. The first kappa shape index (κ1) is 12.7. The van der Waals surface area contributed by atoms with Crippen molar-refractivity contribution in [2.75, 3.05) is 0 Å². The Bertz CT molecular complexity index is 536. The van der Waals surface area contributed by atoms with Gasteiger partial charge in [-0.25, -0.2) is 0 Å². The molecule has 3 nitrogen and oxygen atoms in total. The Labute approximate surface area is 111 Å². The third-order valence-electron chi connectivity index (χ3n) is 2.03. The average Bonchev–Trinajstić information content (AvgIpc) is 2.36. The van der Waals surface area contributed by atoms with Gasteiger partial charge in [-0.1, -0.05) is 36.4 Å². The molecule has 0 fully saturated rings. The molecule has 0 amide bonds. The van der Waals surface area contributed by atoms with E-state index in [9.17, 15) is 8.42 Å². The Morgan fingerprint density at radius 3 is 2.27 bits per heavy atom. The van der Waals surface area contributed by atoms with E-state index in [4.69, 9.17) is 4.55 Å². The summed E-state index contributed by atoms with van der Waals surface area (Å²) in [7, 11) is -4.12. The smallest absolute Gasteiger partial charge is 0.282 e. The normalized spacial score (nSPS) is 11.0. The van der Waals surface area contributed by atoms with Gasteiger partial charge >= 0.3 is 0 Å². The zero-order valence-electron chi connectivity index (χ0n) is 8.21. The van der Waals surface area contributed by atoms with E-state index in [0.717, 1.165) is 5.56 Å². The SMILES string of the molecule is O=S(=O)(O)c1ccc2cccccc1-2.[Na]. The van der Waals surface area contributed by atoms with Gasteiger partial charge in [0.05, 0.1) is 0 Å². The van der Waals surface area contributed by atoms with Crippen molar-refractivity contribution in [3.05, 3.63) is 42.5 Å². The molecule has 1 N–H and O–H groups in total. The summed E-state index contributed by atoms with van der Waals surface area (Å²) in [5.74, 6) is 0. The van der Waals surface area contributed by atoms with Gasteiger partial charge < -0.3 is 0 Å². The minimum Gasteiger partial charge on any atom is -0.282 e. The van der Waals surface area contributed by atoms with E-state index in [1.165, 1.54) is 6.07 Å². The van der Waals surface area contributed by atoms with Crippen LogP contribution in [-0.2, 0) is 10.1 Å².